The minimum Gasteiger partial charge on any atom is -0.482 e. The lowest BCUT2D eigenvalue weighted by Gasteiger charge is -2.15. The summed E-state index contributed by atoms with van der Waals surface area (Å²) in [6.45, 7) is 2.82. The molecule has 0 aliphatic carbocycles. The van der Waals surface area contributed by atoms with Crippen molar-refractivity contribution in [2.24, 2.45) is 5.10 Å². The van der Waals surface area contributed by atoms with Crippen molar-refractivity contribution in [1.82, 2.24) is 0 Å². The Morgan fingerprint density at radius 2 is 1.69 bits per heavy atom. The molecule has 3 rings (SSSR count). The molecule has 32 heavy (non-hydrogen) atoms. The highest BCUT2D eigenvalue weighted by molar-refractivity contribution is 6.32. The average molecular weight is 454 g/mol. The van der Waals surface area contributed by atoms with Crippen molar-refractivity contribution in [2.45, 2.75) is 13.8 Å². The van der Waals surface area contributed by atoms with Gasteiger partial charge in [0.2, 0.25) is 5.82 Å². The van der Waals surface area contributed by atoms with Gasteiger partial charge >= 0.3 is 5.97 Å². The summed E-state index contributed by atoms with van der Waals surface area (Å²) in [7, 11) is 0. The van der Waals surface area contributed by atoms with Crippen molar-refractivity contribution in [3.63, 3.8) is 0 Å². The van der Waals surface area contributed by atoms with E-state index < -0.39 is 46.6 Å². The largest absolute Gasteiger partial charge is 0.482 e. The summed E-state index contributed by atoms with van der Waals surface area (Å²) < 4.78 is 78.6. The van der Waals surface area contributed by atoms with Gasteiger partial charge in [-0.15, -0.1) is 0 Å². The number of nitrogens with zero attached hydrogens (tertiary/aromatic N) is 2. The molecule has 0 unspecified atom stereocenters. The summed E-state index contributed by atoms with van der Waals surface area (Å²) in [5.41, 5.74) is -1.24. The number of hydrogen-bond donors (Lipinski definition) is 0. The van der Waals surface area contributed by atoms with Crippen LogP contribution in [-0.2, 0) is 14.3 Å². The van der Waals surface area contributed by atoms with E-state index in [-0.39, 0.29) is 35.3 Å². The van der Waals surface area contributed by atoms with Crippen molar-refractivity contribution in [3.05, 3.63) is 64.5 Å². The number of carbonyl (C=O) groups is 2. The number of esters is 1. The fraction of sp³-hybridized carbons (Fsp3) is 0.190. The quantitative estimate of drug-likeness (QED) is 0.217. The lowest BCUT2D eigenvalue weighted by molar-refractivity contribution is -0.145. The normalized spacial score (nSPS) is 14.7. The molecule has 2 aromatic carbocycles. The fourth-order valence-electron chi connectivity index (χ4n) is 2.82. The number of hydrogen-bond acceptors (Lipinski definition) is 5. The van der Waals surface area contributed by atoms with E-state index in [9.17, 15) is 31.5 Å². The first-order valence-electron chi connectivity index (χ1n) is 9.17. The van der Waals surface area contributed by atoms with Crippen molar-refractivity contribution >= 4 is 29.4 Å². The van der Waals surface area contributed by atoms with Gasteiger partial charge in [0.15, 0.2) is 29.9 Å². The molecule has 6 nitrogen and oxygen atoms in total. The lowest BCUT2D eigenvalue weighted by Crippen LogP contribution is -2.25. The molecule has 0 radical (unpaired) electrons. The van der Waals surface area contributed by atoms with Gasteiger partial charge in [0, 0.05) is 0 Å². The van der Waals surface area contributed by atoms with Crippen LogP contribution in [0.15, 0.2) is 34.9 Å². The molecule has 0 aromatic heterocycles. The lowest BCUT2D eigenvalue weighted by atomic mass is 10.1. The summed E-state index contributed by atoms with van der Waals surface area (Å²) in [4.78, 5) is 24.1. The van der Waals surface area contributed by atoms with E-state index in [1.165, 1.54) is 19.1 Å². The fourth-order valence-corrected chi connectivity index (χ4v) is 2.82. The van der Waals surface area contributed by atoms with Gasteiger partial charge in [0.05, 0.1) is 17.9 Å². The number of amides is 1. The summed E-state index contributed by atoms with van der Waals surface area (Å²) in [6.07, 6.45) is 1.30. The second-order valence-electron chi connectivity index (χ2n) is 6.45. The maximum atomic E-state index is 14.1. The van der Waals surface area contributed by atoms with Crippen molar-refractivity contribution < 1.29 is 41.0 Å². The third-order valence-electron chi connectivity index (χ3n) is 4.29. The van der Waals surface area contributed by atoms with Crippen LogP contribution in [0.1, 0.15) is 19.4 Å². The maximum Gasteiger partial charge on any atom is 0.344 e. The van der Waals surface area contributed by atoms with Gasteiger partial charge in [0.1, 0.15) is 11.4 Å². The maximum absolute atomic E-state index is 14.1. The second-order valence-corrected chi connectivity index (χ2v) is 6.45. The Morgan fingerprint density at radius 3 is 2.31 bits per heavy atom. The standard InChI is InChI=1S/C21H15F5N2O4/c1-3-31-14(29)9-32-12-6-4-5-11(7-12)8-13-10(2)27-28(21(13)30)20-18(25)16(23)15(22)17(24)19(20)26/h4-8H,3,9H2,1-2H3/b13-8-. The smallest absolute Gasteiger partial charge is 0.344 e. The minimum absolute atomic E-state index is 0.0169. The Hall–Kier alpha value is -3.76. The van der Waals surface area contributed by atoms with Gasteiger partial charge in [-0.3, -0.25) is 4.79 Å². The highest BCUT2D eigenvalue weighted by Gasteiger charge is 2.37. The Balaban J connectivity index is 1.90. The van der Waals surface area contributed by atoms with E-state index in [2.05, 4.69) is 5.10 Å². The van der Waals surface area contributed by atoms with Gasteiger partial charge in [-0.1, -0.05) is 12.1 Å². The predicted molar refractivity (Wildman–Crippen MR) is 103 cm³/mol. The minimum atomic E-state index is -2.34. The Kier molecular flexibility index (Phi) is 6.56. The molecule has 2 aromatic rings. The summed E-state index contributed by atoms with van der Waals surface area (Å²) in [5.74, 6) is -12.5. The molecule has 11 heteroatoms. The van der Waals surface area contributed by atoms with Crippen LogP contribution in [0.4, 0.5) is 27.6 Å². The molecular weight excluding hydrogens is 439 g/mol. The zero-order chi connectivity index (χ0) is 23.6. The number of halogens is 5. The van der Waals surface area contributed by atoms with Crippen LogP contribution in [0.5, 0.6) is 5.75 Å². The second kappa shape index (κ2) is 9.16. The number of anilines is 1. The Morgan fingerprint density at radius 1 is 1.06 bits per heavy atom. The molecular formula is C21H15F5N2O4. The summed E-state index contributed by atoms with van der Waals surface area (Å²) >= 11 is 0. The number of carbonyl (C=O) groups excluding carboxylic acids is 2. The number of rotatable bonds is 6. The third-order valence-corrected chi connectivity index (χ3v) is 4.29. The summed E-state index contributed by atoms with van der Waals surface area (Å²) in [6, 6.07) is 6.13. The monoisotopic (exact) mass is 454 g/mol. The zero-order valence-corrected chi connectivity index (χ0v) is 16.7. The predicted octanol–water partition coefficient (Wildman–Crippen LogP) is 4.13. The van der Waals surface area contributed by atoms with Crippen LogP contribution in [0.2, 0.25) is 0 Å². The molecule has 1 aliphatic rings. The highest BCUT2D eigenvalue weighted by atomic mass is 19.2. The topological polar surface area (TPSA) is 68.2 Å². The molecule has 1 aliphatic heterocycles. The number of benzene rings is 2. The molecule has 0 bridgehead atoms. The van der Waals surface area contributed by atoms with Gasteiger partial charge in [-0.25, -0.2) is 26.7 Å². The van der Waals surface area contributed by atoms with Crippen LogP contribution < -0.4 is 9.75 Å². The van der Waals surface area contributed by atoms with Crippen molar-refractivity contribution in [3.8, 4) is 5.75 Å². The van der Waals surface area contributed by atoms with Crippen LogP contribution in [0.3, 0.4) is 0 Å². The van der Waals surface area contributed by atoms with E-state index in [1.54, 1.807) is 25.1 Å². The van der Waals surface area contributed by atoms with Gasteiger partial charge in [0.25, 0.3) is 5.91 Å². The molecule has 1 heterocycles. The molecule has 168 valence electrons. The number of hydrazone groups is 1. The zero-order valence-electron chi connectivity index (χ0n) is 16.7. The molecule has 0 atom stereocenters. The first-order valence-corrected chi connectivity index (χ1v) is 9.17. The first kappa shape index (κ1) is 22.9. The number of ether oxygens (including phenoxy) is 2. The molecule has 0 saturated heterocycles. The Bertz CT molecular complexity index is 1130. The van der Waals surface area contributed by atoms with E-state index in [4.69, 9.17) is 9.47 Å². The summed E-state index contributed by atoms with van der Waals surface area (Å²) in [5, 5.41) is 3.78. The van der Waals surface area contributed by atoms with Gasteiger partial charge in [-0.05, 0) is 37.6 Å². The van der Waals surface area contributed by atoms with Gasteiger partial charge < -0.3 is 9.47 Å². The third kappa shape index (κ3) is 4.32. The van der Waals surface area contributed by atoms with E-state index in [1.807, 2.05) is 0 Å². The molecule has 0 fully saturated rings. The van der Waals surface area contributed by atoms with Crippen LogP contribution in [-0.4, -0.2) is 30.8 Å². The van der Waals surface area contributed by atoms with Crippen molar-refractivity contribution in [1.29, 1.82) is 0 Å². The SMILES string of the molecule is CCOC(=O)COc1cccc(/C=C2\C(=O)N(c3c(F)c(F)c(F)c(F)c3F)N=C2C)c1. The van der Waals surface area contributed by atoms with Crippen LogP contribution >= 0.6 is 0 Å². The molecule has 0 N–H and O–H groups in total. The van der Waals surface area contributed by atoms with Crippen molar-refractivity contribution in [2.75, 3.05) is 18.2 Å². The molecule has 0 saturated carbocycles. The Labute approximate surface area is 178 Å². The highest BCUT2D eigenvalue weighted by Crippen LogP contribution is 2.34. The van der Waals surface area contributed by atoms with Gasteiger partial charge in [-0.2, -0.15) is 10.1 Å². The van der Waals surface area contributed by atoms with E-state index >= 15 is 0 Å². The van der Waals surface area contributed by atoms with E-state index in [0.29, 0.717) is 5.56 Å². The van der Waals surface area contributed by atoms with E-state index in [0.717, 1.165) is 0 Å². The van der Waals surface area contributed by atoms with Crippen LogP contribution in [0, 0.1) is 29.1 Å². The molecule has 1 amide bonds. The first-order chi connectivity index (χ1) is 15.1. The molecule has 0 spiro atoms. The van der Waals surface area contributed by atoms with Crippen LogP contribution in [0.25, 0.3) is 6.08 Å². The average Bonchev–Trinajstić information content (AvgIpc) is 3.04.